The smallest absolute Gasteiger partial charge is 0.423 e. The van der Waals surface area contributed by atoms with Crippen LogP contribution in [-0.4, -0.2) is 36.2 Å². The quantitative estimate of drug-likeness (QED) is 0.516. The van der Waals surface area contributed by atoms with Crippen LogP contribution in [0.25, 0.3) is 11.1 Å². The molecule has 0 amide bonds. The molecule has 2 aromatic carbocycles. The minimum absolute atomic E-state index is 0.478. The Kier molecular flexibility index (Phi) is 6.29. The van der Waals surface area contributed by atoms with E-state index in [1.54, 1.807) is 12.3 Å². The topological polar surface area (TPSA) is 56.6 Å². The molecule has 1 aromatic heterocycles. The van der Waals surface area contributed by atoms with Crippen LogP contribution < -0.4 is 10.4 Å². The molecule has 3 rings (SSSR count). The van der Waals surface area contributed by atoms with Gasteiger partial charge in [-0.2, -0.15) is 0 Å². The van der Waals surface area contributed by atoms with Crippen LogP contribution in [-0.2, 0) is 0 Å². The van der Waals surface area contributed by atoms with E-state index in [-0.39, 0.29) is 0 Å². The molecule has 1 heterocycles. The van der Waals surface area contributed by atoms with E-state index in [1.165, 1.54) is 0 Å². The van der Waals surface area contributed by atoms with Crippen LogP contribution in [0.3, 0.4) is 0 Å². The molecule has 0 fully saturated rings. The number of benzene rings is 2. The molecule has 28 heavy (non-hydrogen) atoms. The molecular weight excluding hydrogens is 347 g/mol. The molecule has 0 unspecified atom stereocenters. The van der Waals surface area contributed by atoms with Gasteiger partial charge in [0.05, 0.1) is 0 Å². The summed E-state index contributed by atoms with van der Waals surface area (Å²) in [5, 5.41) is 19.6. The summed E-state index contributed by atoms with van der Waals surface area (Å²) in [7, 11) is 2.37. The zero-order valence-electron chi connectivity index (χ0n) is 16.5. The van der Waals surface area contributed by atoms with E-state index in [9.17, 15) is 10.0 Å². The first-order valence-corrected chi connectivity index (χ1v) is 9.39. The molecule has 0 saturated heterocycles. The van der Waals surface area contributed by atoms with Crippen molar-refractivity contribution in [3.63, 3.8) is 0 Å². The number of nitrogens with zero attached hydrogens (tertiary/aromatic N) is 2. The van der Waals surface area contributed by atoms with E-state index in [4.69, 9.17) is 0 Å². The molecule has 4 nitrogen and oxygen atoms in total. The van der Waals surface area contributed by atoms with Crippen LogP contribution in [0.4, 0.5) is 5.69 Å². The van der Waals surface area contributed by atoms with Crippen LogP contribution in [0.5, 0.6) is 0 Å². The summed E-state index contributed by atoms with van der Waals surface area (Å²) in [4.78, 5) is 6.28. The molecule has 5 heteroatoms. The standard InChI is InChI=1S/C23H25BN2O2/c1-4-22(19-13-20(24(27)28)15-21(14-19)26(2)3)23(17-9-6-5-7-10-17)18-11-8-12-25-16-18/h5-16,27-28H,4H2,1-3H3/b23-22+. The maximum atomic E-state index is 9.79. The van der Waals surface area contributed by atoms with E-state index in [1.807, 2.05) is 55.5 Å². The second-order valence-electron chi connectivity index (χ2n) is 6.90. The second kappa shape index (κ2) is 8.87. The van der Waals surface area contributed by atoms with Gasteiger partial charge < -0.3 is 14.9 Å². The largest absolute Gasteiger partial charge is 0.488 e. The Morgan fingerprint density at radius 1 is 0.929 bits per heavy atom. The van der Waals surface area contributed by atoms with Crippen molar-refractivity contribution in [2.75, 3.05) is 19.0 Å². The highest BCUT2D eigenvalue weighted by Crippen LogP contribution is 2.34. The second-order valence-corrected chi connectivity index (χ2v) is 6.90. The summed E-state index contributed by atoms with van der Waals surface area (Å²) in [5.41, 5.74) is 6.74. The first-order valence-electron chi connectivity index (χ1n) is 9.39. The highest BCUT2D eigenvalue weighted by molar-refractivity contribution is 6.58. The van der Waals surface area contributed by atoms with Gasteiger partial charge >= 0.3 is 7.12 Å². The van der Waals surface area contributed by atoms with Crippen LogP contribution in [0.1, 0.15) is 30.0 Å². The molecule has 142 valence electrons. The van der Waals surface area contributed by atoms with Gasteiger partial charge in [-0.25, -0.2) is 0 Å². The lowest BCUT2D eigenvalue weighted by Crippen LogP contribution is -2.31. The van der Waals surface area contributed by atoms with Gasteiger partial charge in [-0.3, -0.25) is 4.98 Å². The van der Waals surface area contributed by atoms with Crippen LogP contribution >= 0.6 is 0 Å². The molecule has 3 aromatic rings. The number of allylic oxidation sites excluding steroid dienone is 1. The zero-order chi connectivity index (χ0) is 20.1. The summed E-state index contributed by atoms with van der Waals surface area (Å²) in [5.74, 6) is 0. The van der Waals surface area contributed by atoms with Gasteiger partial charge in [0.1, 0.15) is 0 Å². The van der Waals surface area contributed by atoms with E-state index >= 15 is 0 Å². The lowest BCUT2D eigenvalue weighted by molar-refractivity contribution is 0.426. The van der Waals surface area contributed by atoms with Crippen molar-refractivity contribution in [2.45, 2.75) is 13.3 Å². The van der Waals surface area contributed by atoms with Crippen LogP contribution in [0.15, 0.2) is 73.1 Å². The molecule has 0 aliphatic rings. The minimum Gasteiger partial charge on any atom is -0.423 e. The third-order valence-electron chi connectivity index (χ3n) is 4.77. The Labute approximate surface area is 167 Å². The molecule has 0 saturated carbocycles. The average molecular weight is 372 g/mol. The number of anilines is 1. The van der Waals surface area contributed by atoms with E-state index in [0.717, 1.165) is 39.9 Å². The first-order chi connectivity index (χ1) is 13.5. The summed E-state index contributed by atoms with van der Waals surface area (Å²) in [6.07, 6.45) is 4.43. The minimum atomic E-state index is -1.52. The lowest BCUT2D eigenvalue weighted by Gasteiger charge is -2.20. The Balaban J connectivity index is 2.32. The third kappa shape index (κ3) is 4.33. The zero-order valence-corrected chi connectivity index (χ0v) is 16.5. The maximum absolute atomic E-state index is 9.79. The van der Waals surface area contributed by atoms with Gasteiger partial charge in [-0.15, -0.1) is 0 Å². The van der Waals surface area contributed by atoms with Gasteiger partial charge in [0.15, 0.2) is 0 Å². The van der Waals surface area contributed by atoms with Crippen molar-refractivity contribution in [1.82, 2.24) is 4.98 Å². The fourth-order valence-electron chi connectivity index (χ4n) is 3.37. The molecule has 0 spiro atoms. The lowest BCUT2D eigenvalue weighted by atomic mass is 9.77. The first kappa shape index (κ1) is 19.9. The normalized spacial score (nSPS) is 11.8. The van der Waals surface area contributed by atoms with Crippen LogP contribution in [0, 0.1) is 0 Å². The van der Waals surface area contributed by atoms with Gasteiger partial charge in [-0.1, -0.05) is 49.4 Å². The summed E-state index contributed by atoms with van der Waals surface area (Å²) < 4.78 is 0. The number of aromatic nitrogens is 1. The Morgan fingerprint density at radius 3 is 2.21 bits per heavy atom. The summed E-state index contributed by atoms with van der Waals surface area (Å²) in [6, 6.07) is 20.0. The predicted octanol–water partition coefficient (Wildman–Crippen LogP) is 3.20. The van der Waals surface area contributed by atoms with Crippen molar-refractivity contribution < 1.29 is 10.0 Å². The van der Waals surface area contributed by atoms with Gasteiger partial charge in [0.25, 0.3) is 0 Å². The molecule has 2 N–H and O–H groups in total. The number of pyridine rings is 1. The SMILES string of the molecule is CC/C(=C(/c1ccccc1)c1cccnc1)c1cc(B(O)O)cc(N(C)C)c1. The monoisotopic (exact) mass is 372 g/mol. The Bertz CT molecular complexity index is 887. The number of rotatable bonds is 6. The predicted molar refractivity (Wildman–Crippen MR) is 117 cm³/mol. The molecule has 0 atom stereocenters. The van der Waals surface area contributed by atoms with Crippen molar-refractivity contribution in [3.8, 4) is 0 Å². The summed E-state index contributed by atoms with van der Waals surface area (Å²) >= 11 is 0. The average Bonchev–Trinajstić information content (AvgIpc) is 2.72. The van der Waals surface area contributed by atoms with E-state index in [2.05, 4.69) is 36.2 Å². The molecular formula is C23H25BN2O2. The fourth-order valence-corrected chi connectivity index (χ4v) is 3.37. The molecule has 0 aliphatic heterocycles. The van der Waals surface area contributed by atoms with Crippen molar-refractivity contribution in [2.24, 2.45) is 0 Å². The molecule has 0 bridgehead atoms. The highest BCUT2D eigenvalue weighted by atomic mass is 16.4. The van der Waals surface area contributed by atoms with Crippen LogP contribution in [0.2, 0.25) is 0 Å². The molecule has 0 aliphatic carbocycles. The summed E-state index contributed by atoms with van der Waals surface area (Å²) in [6.45, 7) is 2.12. The van der Waals surface area contributed by atoms with Crippen molar-refractivity contribution in [1.29, 1.82) is 0 Å². The Morgan fingerprint density at radius 2 is 1.64 bits per heavy atom. The van der Waals surface area contributed by atoms with Crippen molar-refractivity contribution >= 4 is 29.4 Å². The highest BCUT2D eigenvalue weighted by Gasteiger charge is 2.18. The fraction of sp³-hybridized carbons (Fsp3) is 0.174. The third-order valence-corrected chi connectivity index (χ3v) is 4.77. The van der Waals surface area contributed by atoms with Crippen molar-refractivity contribution in [3.05, 3.63) is 89.7 Å². The van der Waals surface area contributed by atoms with Gasteiger partial charge in [0, 0.05) is 37.7 Å². The Hall–Kier alpha value is -2.89. The van der Waals surface area contributed by atoms with Gasteiger partial charge in [-0.05, 0) is 52.4 Å². The number of hydrogen-bond acceptors (Lipinski definition) is 4. The molecule has 0 radical (unpaired) electrons. The van der Waals surface area contributed by atoms with Gasteiger partial charge in [0.2, 0.25) is 0 Å². The van der Waals surface area contributed by atoms with E-state index < -0.39 is 7.12 Å². The number of hydrogen-bond donors (Lipinski definition) is 2. The maximum Gasteiger partial charge on any atom is 0.488 e. The van der Waals surface area contributed by atoms with E-state index in [0.29, 0.717) is 5.46 Å².